The number of hydrogen-bond donors (Lipinski definition) is 0. The van der Waals surface area contributed by atoms with Gasteiger partial charge in [0.25, 0.3) is 0 Å². The molecule has 3 aromatic rings. The monoisotopic (exact) mass is 514 g/mol. The lowest BCUT2D eigenvalue weighted by molar-refractivity contribution is -0.142. The van der Waals surface area contributed by atoms with Gasteiger partial charge in [0.15, 0.2) is 11.6 Å². The molecule has 0 saturated heterocycles. The van der Waals surface area contributed by atoms with Crippen molar-refractivity contribution in [2.24, 2.45) is 0 Å². The number of nitriles is 1. The maximum Gasteiger partial charge on any atom is 0.310 e. The summed E-state index contributed by atoms with van der Waals surface area (Å²) in [5.41, 5.74) is 0.680. The second-order valence-corrected chi connectivity index (χ2v) is 7.36. The minimum absolute atomic E-state index is 0.0870. The van der Waals surface area contributed by atoms with Gasteiger partial charge in [-0.15, -0.1) is 0 Å². The maximum atomic E-state index is 14.9. The average Bonchev–Trinajstić information content (AvgIpc) is 3.08. The van der Waals surface area contributed by atoms with Gasteiger partial charge in [-0.3, -0.25) is 8.77 Å². The van der Waals surface area contributed by atoms with Crippen LogP contribution >= 0.6 is 30.3 Å². The second-order valence-electron chi connectivity index (χ2n) is 5.65. The van der Waals surface area contributed by atoms with Crippen molar-refractivity contribution in [3.8, 4) is 17.6 Å². The quantitative estimate of drug-likeness (QED) is 0.320. The van der Waals surface area contributed by atoms with Gasteiger partial charge < -0.3 is 9.47 Å². The van der Waals surface area contributed by atoms with Gasteiger partial charge in [-0.25, -0.2) is 8.78 Å². The number of fused-ring (bicyclic) bond motifs is 1. The van der Waals surface area contributed by atoms with E-state index in [-0.39, 0.29) is 30.1 Å². The fourth-order valence-corrected chi connectivity index (χ4v) is 4.11. The highest BCUT2D eigenvalue weighted by molar-refractivity contribution is 14.2. The lowest BCUT2D eigenvalue weighted by Gasteiger charge is -2.14. The molecular formula is C19H13F2IN2O3S. The zero-order chi connectivity index (χ0) is 20.3. The third-order valence-electron chi connectivity index (χ3n) is 3.95. The zero-order valence-corrected chi connectivity index (χ0v) is 17.5. The Hall–Kier alpha value is -2.32. The van der Waals surface area contributed by atoms with Crippen LogP contribution in [0, 0.1) is 23.0 Å². The molecule has 0 amide bonds. The summed E-state index contributed by atoms with van der Waals surface area (Å²) < 4.78 is 40.9. The van der Waals surface area contributed by atoms with Crippen LogP contribution in [0.2, 0.25) is 0 Å². The number of benzene rings is 2. The Labute approximate surface area is 175 Å². The smallest absolute Gasteiger partial charge is 0.310 e. The van der Waals surface area contributed by atoms with Gasteiger partial charge in [-0.2, -0.15) is 5.26 Å². The van der Waals surface area contributed by atoms with Gasteiger partial charge in [0.2, 0.25) is 0 Å². The summed E-state index contributed by atoms with van der Waals surface area (Å²) in [5, 5.41) is 9.62. The molecule has 144 valence electrons. The molecule has 3 rings (SSSR count). The van der Waals surface area contributed by atoms with Crippen molar-refractivity contribution in [3.63, 3.8) is 0 Å². The molecule has 9 heteroatoms. The maximum absolute atomic E-state index is 14.9. The SMILES string of the molecule is CCOC(=O)Cc1c(Oc2ccc(F)c(C#N)c2)c(F)cc2c1ccn2SI. The number of ether oxygens (including phenoxy) is 2. The minimum atomic E-state index is -0.700. The Morgan fingerprint density at radius 1 is 1.29 bits per heavy atom. The molecule has 0 unspecified atom stereocenters. The molecule has 0 fully saturated rings. The van der Waals surface area contributed by atoms with Crippen molar-refractivity contribution in [2.45, 2.75) is 13.3 Å². The van der Waals surface area contributed by atoms with E-state index in [0.717, 1.165) is 6.07 Å². The summed E-state index contributed by atoms with van der Waals surface area (Å²) >= 11 is 2.07. The molecule has 0 aliphatic heterocycles. The summed E-state index contributed by atoms with van der Waals surface area (Å²) in [6.45, 7) is 1.88. The van der Waals surface area contributed by atoms with Crippen LogP contribution in [0.5, 0.6) is 11.5 Å². The first-order chi connectivity index (χ1) is 13.5. The highest BCUT2D eigenvalue weighted by Crippen LogP contribution is 2.37. The van der Waals surface area contributed by atoms with E-state index in [4.69, 9.17) is 14.7 Å². The van der Waals surface area contributed by atoms with Gasteiger partial charge in [0.1, 0.15) is 17.6 Å². The molecule has 0 spiro atoms. The van der Waals surface area contributed by atoms with E-state index in [1.807, 2.05) is 0 Å². The molecule has 1 aromatic heterocycles. The van der Waals surface area contributed by atoms with Crippen LogP contribution in [0.15, 0.2) is 36.5 Å². The Morgan fingerprint density at radius 2 is 2.07 bits per heavy atom. The summed E-state index contributed by atoms with van der Waals surface area (Å²) in [6.07, 6.45) is 1.56. The number of esters is 1. The van der Waals surface area contributed by atoms with Gasteiger partial charge in [0, 0.05) is 59.6 Å². The molecule has 0 atom stereocenters. The Kier molecular flexibility index (Phi) is 6.41. The number of carbonyl (C=O) groups excluding carboxylic acids is 1. The van der Waals surface area contributed by atoms with Gasteiger partial charge in [0.05, 0.1) is 24.1 Å². The molecule has 0 aliphatic rings. The predicted molar refractivity (Wildman–Crippen MR) is 110 cm³/mol. The van der Waals surface area contributed by atoms with Crippen LogP contribution in [0.25, 0.3) is 10.9 Å². The highest BCUT2D eigenvalue weighted by Gasteiger charge is 2.21. The molecule has 0 radical (unpaired) electrons. The Balaban J connectivity index is 2.13. The molecule has 1 heterocycles. The molecule has 0 aliphatic carbocycles. The van der Waals surface area contributed by atoms with Crippen LogP contribution in [-0.2, 0) is 16.0 Å². The molecular weight excluding hydrogens is 501 g/mol. The van der Waals surface area contributed by atoms with E-state index >= 15 is 0 Å². The van der Waals surface area contributed by atoms with Crippen molar-refractivity contribution in [1.29, 1.82) is 5.26 Å². The summed E-state index contributed by atoms with van der Waals surface area (Å²) in [7, 11) is 1.35. The van der Waals surface area contributed by atoms with Crippen LogP contribution in [-0.4, -0.2) is 16.5 Å². The topological polar surface area (TPSA) is 64.2 Å². The standard InChI is InChI=1S/C19H13F2IN2O3S/c1-2-26-18(25)8-14-13-5-6-24(28-22)17(13)9-16(21)19(14)27-12-3-4-15(20)11(7-12)10-23/h3-7,9H,2,8H2,1H3. The normalized spacial score (nSPS) is 10.7. The number of nitrogens with zero attached hydrogens (tertiary/aromatic N) is 2. The second kappa shape index (κ2) is 8.79. The van der Waals surface area contributed by atoms with Gasteiger partial charge in [-0.05, 0) is 25.1 Å². The fourth-order valence-electron chi connectivity index (χ4n) is 2.75. The highest BCUT2D eigenvalue weighted by atomic mass is 127. The molecule has 0 N–H and O–H groups in total. The van der Waals surface area contributed by atoms with Crippen molar-refractivity contribution in [3.05, 3.63) is 59.3 Å². The van der Waals surface area contributed by atoms with E-state index in [2.05, 4.69) is 21.2 Å². The number of carbonyl (C=O) groups is 1. The number of hydrogen-bond acceptors (Lipinski definition) is 5. The lowest BCUT2D eigenvalue weighted by Crippen LogP contribution is -2.09. The first-order valence-electron chi connectivity index (χ1n) is 8.13. The molecule has 5 nitrogen and oxygen atoms in total. The molecule has 0 bridgehead atoms. The van der Waals surface area contributed by atoms with E-state index in [0.29, 0.717) is 16.5 Å². The largest absolute Gasteiger partial charge is 0.466 e. The Morgan fingerprint density at radius 3 is 2.75 bits per heavy atom. The molecule has 2 aromatic carbocycles. The average molecular weight is 514 g/mol. The fraction of sp³-hybridized carbons (Fsp3) is 0.158. The van der Waals surface area contributed by atoms with Crippen LogP contribution in [0.3, 0.4) is 0 Å². The third kappa shape index (κ3) is 4.07. The van der Waals surface area contributed by atoms with Crippen LogP contribution in [0.4, 0.5) is 8.78 Å². The van der Waals surface area contributed by atoms with E-state index in [1.165, 1.54) is 27.3 Å². The zero-order valence-electron chi connectivity index (χ0n) is 14.5. The number of aromatic nitrogens is 1. The van der Waals surface area contributed by atoms with Crippen molar-refractivity contribution in [1.82, 2.24) is 3.97 Å². The number of halogens is 3. The van der Waals surface area contributed by atoms with Crippen LogP contribution in [0.1, 0.15) is 18.1 Å². The van der Waals surface area contributed by atoms with Crippen molar-refractivity contribution >= 4 is 47.2 Å². The first-order valence-corrected chi connectivity index (χ1v) is 11.4. The van der Waals surface area contributed by atoms with Crippen molar-refractivity contribution in [2.75, 3.05) is 6.61 Å². The van der Waals surface area contributed by atoms with Gasteiger partial charge >= 0.3 is 5.97 Å². The third-order valence-corrected chi connectivity index (χ3v) is 5.69. The van der Waals surface area contributed by atoms with E-state index in [9.17, 15) is 13.6 Å². The van der Waals surface area contributed by atoms with Gasteiger partial charge in [-0.1, -0.05) is 0 Å². The lowest BCUT2D eigenvalue weighted by atomic mass is 10.0. The molecule has 0 saturated carbocycles. The van der Waals surface area contributed by atoms with E-state index in [1.54, 1.807) is 29.2 Å². The van der Waals surface area contributed by atoms with Crippen LogP contribution < -0.4 is 4.74 Å². The predicted octanol–water partition coefficient (Wildman–Crippen LogP) is 5.54. The summed E-state index contributed by atoms with van der Waals surface area (Å²) in [6, 6.07) is 8.31. The number of rotatable bonds is 6. The van der Waals surface area contributed by atoms with Crippen molar-refractivity contribution < 1.29 is 23.0 Å². The van der Waals surface area contributed by atoms with E-state index < -0.39 is 17.6 Å². The first kappa shape index (κ1) is 20.4. The Bertz CT molecular complexity index is 1090. The summed E-state index contributed by atoms with van der Waals surface area (Å²) in [5.74, 6) is -1.98. The minimum Gasteiger partial charge on any atom is -0.466 e. The molecule has 28 heavy (non-hydrogen) atoms. The summed E-state index contributed by atoms with van der Waals surface area (Å²) in [4.78, 5) is 12.1.